The maximum atomic E-state index is 13.1. The first kappa shape index (κ1) is 19.4. The molecule has 6 nitrogen and oxygen atoms in total. The lowest BCUT2D eigenvalue weighted by Gasteiger charge is -2.33. The van der Waals surface area contributed by atoms with Crippen molar-refractivity contribution in [1.29, 1.82) is 0 Å². The van der Waals surface area contributed by atoms with Gasteiger partial charge in [0.1, 0.15) is 11.4 Å². The third-order valence-corrected chi connectivity index (χ3v) is 5.47. The third kappa shape index (κ3) is 5.10. The molecule has 2 heterocycles. The number of rotatable bonds is 7. The largest absolute Gasteiger partial charge is 0.497 e. The van der Waals surface area contributed by atoms with Crippen LogP contribution in [0.15, 0.2) is 36.5 Å². The van der Waals surface area contributed by atoms with Crippen molar-refractivity contribution in [3.63, 3.8) is 0 Å². The van der Waals surface area contributed by atoms with E-state index in [9.17, 15) is 4.79 Å². The highest BCUT2D eigenvalue weighted by molar-refractivity contribution is 5.92. The molecule has 0 radical (unpaired) electrons. The van der Waals surface area contributed by atoms with E-state index in [1.807, 2.05) is 24.1 Å². The summed E-state index contributed by atoms with van der Waals surface area (Å²) in [5.74, 6) is 1.49. The van der Waals surface area contributed by atoms with Crippen LogP contribution in [-0.4, -0.2) is 65.8 Å². The van der Waals surface area contributed by atoms with Crippen molar-refractivity contribution in [3.8, 4) is 5.75 Å². The zero-order valence-corrected chi connectivity index (χ0v) is 16.6. The van der Waals surface area contributed by atoms with Gasteiger partial charge in [0, 0.05) is 26.3 Å². The molecule has 1 aromatic heterocycles. The van der Waals surface area contributed by atoms with Crippen LogP contribution in [0.4, 0.5) is 0 Å². The number of aryl methyl sites for hydroxylation is 1. The molecule has 1 aliphatic rings. The topological polar surface area (TPSA) is 50.6 Å². The first-order valence-corrected chi connectivity index (χ1v) is 9.65. The van der Waals surface area contributed by atoms with Gasteiger partial charge in [-0.05, 0) is 69.1 Å². The van der Waals surface area contributed by atoms with Gasteiger partial charge in [0.25, 0.3) is 5.91 Å². The van der Waals surface area contributed by atoms with Crippen LogP contribution in [0.3, 0.4) is 0 Å². The number of methoxy groups -OCH3 is 1. The highest BCUT2D eigenvalue weighted by Gasteiger charge is 2.24. The minimum atomic E-state index is 0.0717. The molecule has 2 aromatic rings. The number of carbonyl (C=O) groups excluding carboxylic acids is 1. The molecule has 0 aliphatic carbocycles. The zero-order valence-electron chi connectivity index (χ0n) is 16.6. The number of amides is 1. The standard InChI is InChI=1S/C21H30N4O2/c1-23-13-9-18(10-14-23)16-25(21(26)20-8-12-22-24(20)2)15-11-17-4-6-19(27-3)7-5-17/h4-8,12,18H,9-11,13-16H2,1-3H3. The summed E-state index contributed by atoms with van der Waals surface area (Å²) in [5.41, 5.74) is 1.86. The summed E-state index contributed by atoms with van der Waals surface area (Å²) in [6, 6.07) is 9.89. The maximum absolute atomic E-state index is 13.1. The lowest BCUT2D eigenvalue weighted by atomic mass is 9.96. The van der Waals surface area contributed by atoms with E-state index in [0.29, 0.717) is 18.2 Å². The Morgan fingerprint density at radius 1 is 1.19 bits per heavy atom. The molecular weight excluding hydrogens is 340 g/mol. The van der Waals surface area contributed by atoms with Gasteiger partial charge in [0.15, 0.2) is 0 Å². The van der Waals surface area contributed by atoms with Crippen molar-refractivity contribution in [3.05, 3.63) is 47.8 Å². The Balaban J connectivity index is 1.68. The molecule has 146 valence electrons. The Kier molecular flexibility index (Phi) is 6.50. The van der Waals surface area contributed by atoms with E-state index in [4.69, 9.17) is 4.74 Å². The van der Waals surface area contributed by atoms with Crippen LogP contribution in [0, 0.1) is 5.92 Å². The van der Waals surface area contributed by atoms with Crippen molar-refractivity contribution < 1.29 is 9.53 Å². The normalized spacial score (nSPS) is 15.7. The van der Waals surface area contributed by atoms with Crippen LogP contribution in [0.1, 0.15) is 28.9 Å². The molecule has 1 fully saturated rings. The highest BCUT2D eigenvalue weighted by atomic mass is 16.5. The molecule has 3 rings (SSSR count). The Labute approximate surface area is 161 Å². The SMILES string of the molecule is COc1ccc(CCN(CC2CCN(C)CC2)C(=O)c2ccnn2C)cc1. The van der Waals surface area contributed by atoms with Gasteiger partial charge < -0.3 is 14.5 Å². The Bertz CT molecular complexity index is 733. The predicted octanol–water partition coefficient (Wildman–Crippen LogP) is 2.46. The average Bonchev–Trinajstić information content (AvgIpc) is 3.12. The smallest absolute Gasteiger partial charge is 0.272 e. The first-order valence-electron chi connectivity index (χ1n) is 9.65. The van der Waals surface area contributed by atoms with E-state index in [1.54, 1.807) is 24.1 Å². The summed E-state index contributed by atoms with van der Waals surface area (Å²) < 4.78 is 6.89. The number of aromatic nitrogens is 2. The number of hydrogen-bond acceptors (Lipinski definition) is 4. The van der Waals surface area contributed by atoms with E-state index in [2.05, 4.69) is 29.2 Å². The second kappa shape index (κ2) is 9.04. The second-order valence-electron chi connectivity index (χ2n) is 7.44. The lowest BCUT2D eigenvalue weighted by Crippen LogP contribution is -2.41. The molecule has 6 heteroatoms. The van der Waals surface area contributed by atoms with Crippen LogP contribution in [0.25, 0.3) is 0 Å². The van der Waals surface area contributed by atoms with Crippen LogP contribution in [-0.2, 0) is 13.5 Å². The zero-order chi connectivity index (χ0) is 19.2. The van der Waals surface area contributed by atoms with E-state index >= 15 is 0 Å². The Morgan fingerprint density at radius 2 is 1.89 bits per heavy atom. The van der Waals surface area contributed by atoms with Gasteiger partial charge in [0.2, 0.25) is 0 Å². The van der Waals surface area contributed by atoms with Crippen LogP contribution in [0.5, 0.6) is 5.75 Å². The fraction of sp³-hybridized carbons (Fsp3) is 0.524. The summed E-state index contributed by atoms with van der Waals surface area (Å²) >= 11 is 0. The molecular formula is C21H30N4O2. The van der Waals surface area contributed by atoms with E-state index in [1.165, 1.54) is 5.56 Å². The molecule has 1 saturated heterocycles. The minimum Gasteiger partial charge on any atom is -0.497 e. The molecule has 0 N–H and O–H groups in total. The molecule has 1 amide bonds. The summed E-state index contributed by atoms with van der Waals surface area (Å²) in [7, 11) is 5.66. The maximum Gasteiger partial charge on any atom is 0.272 e. The van der Waals surface area contributed by atoms with Gasteiger partial charge in [-0.25, -0.2) is 0 Å². The molecule has 0 spiro atoms. The van der Waals surface area contributed by atoms with E-state index in [-0.39, 0.29) is 5.91 Å². The van der Waals surface area contributed by atoms with Crippen molar-refractivity contribution in [2.45, 2.75) is 19.3 Å². The number of hydrogen-bond donors (Lipinski definition) is 0. The van der Waals surface area contributed by atoms with E-state index < -0.39 is 0 Å². The summed E-state index contributed by atoms with van der Waals surface area (Å²) in [6.07, 6.45) is 4.81. The molecule has 0 saturated carbocycles. The average molecular weight is 370 g/mol. The third-order valence-electron chi connectivity index (χ3n) is 5.47. The van der Waals surface area contributed by atoms with Crippen LogP contribution >= 0.6 is 0 Å². The summed E-state index contributed by atoms with van der Waals surface area (Å²) in [6.45, 7) is 3.74. The molecule has 0 unspecified atom stereocenters. The molecule has 1 aliphatic heterocycles. The molecule has 27 heavy (non-hydrogen) atoms. The first-order chi connectivity index (χ1) is 13.1. The number of piperidine rings is 1. The molecule has 1 aromatic carbocycles. The van der Waals surface area contributed by atoms with Crippen LogP contribution in [0.2, 0.25) is 0 Å². The summed E-state index contributed by atoms with van der Waals surface area (Å²) in [4.78, 5) is 17.5. The monoisotopic (exact) mass is 370 g/mol. The number of ether oxygens (including phenoxy) is 1. The quantitative estimate of drug-likeness (QED) is 0.751. The fourth-order valence-corrected chi connectivity index (χ4v) is 3.63. The van der Waals surface area contributed by atoms with Gasteiger partial charge in [-0.2, -0.15) is 5.10 Å². The molecule has 0 bridgehead atoms. The van der Waals surface area contributed by atoms with Crippen molar-refractivity contribution >= 4 is 5.91 Å². The Morgan fingerprint density at radius 3 is 2.48 bits per heavy atom. The number of nitrogens with zero attached hydrogens (tertiary/aromatic N) is 4. The molecule has 0 atom stereocenters. The summed E-state index contributed by atoms with van der Waals surface area (Å²) in [5, 5.41) is 4.16. The highest BCUT2D eigenvalue weighted by Crippen LogP contribution is 2.19. The number of benzene rings is 1. The van der Waals surface area contributed by atoms with Crippen molar-refractivity contribution in [2.75, 3.05) is 40.3 Å². The van der Waals surface area contributed by atoms with Gasteiger partial charge >= 0.3 is 0 Å². The minimum absolute atomic E-state index is 0.0717. The lowest BCUT2D eigenvalue weighted by molar-refractivity contribution is 0.0689. The van der Waals surface area contributed by atoms with Gasteiger partial charge in [-0.15, -0.1) is 0 Å². The van der Waals surface area contributed by atoms with Gasteiger partial charge in [0.05, 0.1) is 7.11 Å². The van der Waals surface area contributed by atoms with Gasteiger partial charge in [-0.3, -0.25) is 9.48 Å². The van der Waals surface area contributed by atoms with Crippen molar-refractivity contribution in [1.82, 2.24) is 19.6 Å². The van der Waals surface area contributed by atoms with Gasteiger partial charge in [-0.1, -0.05) is 12.1 Å². The number of likely N-dealkylation sites (tertiary alicyclic amines) is 1. The Hall–Kier alpha value is -2.34. The fourth-order valence-electron chi connectivity index (χ4n) is 3.63. The number of carbonyl (C=O) groups is 1. The second-order valence-corrected chi connectivity index (χ2v) is 7.44. The van der Waals surface area contributed by atoms with E-state index in [0.717, 1.165) is 44.6 Å². The van der Waals surface area contributed by atoms with Crippen molar-refractivity contribution in [2.24, 2.45) is 13.0 Å². The van der Waals surface area contributed by atoms with Crippen LogP contribution < -0.4 is 4.74 Å². The predicted molar refractivity (Wildman–Crippen MR) is 106 cm³/mol.